The van der Waals surface area contributed by atoms with Gasteiger partial charge in [-0.15, -0.1) is 0 Å². The summed E-state index contributed by atoms with van der Waals surface area (Å²) in [7, 11) is 0. The van der Waals surface area contributed by atoms with Crippen LogP contribution in [0.5, 0.6) is 5.75 Å². The van der Waals surface area contributed by atoms with Crippen molar-refractivity contribution in [2.75, 3.05) is 0 Å². The third-order valence-electron chi connectivity index (χ3n) is 2.47. The van der Waals surface area contributed by atoms with Crippen LogP contribution in [0.3, 0.4) is 0 Å². The summed E-state index contributed by atoms with van der Waals surface area (Å²) in [5, 5.41) is 0. The molecule has 0 spiro atoms. The van der Waals surface area contributed by atoms with Gasteiger partial charge in [-0.25, -0.2) is 0 Å². The van der Waals surface area contributed by atoms with Gasteiger partial charge >= 0.3 is 5.91 Å². The molecule has 2 rings (SSSR count). The number of hydrogen-bond donors (Lipinski definition) is 2. The van der Waals surface area contributed by atoms with Gasteiger partial charge in [0.05, 0.1) is 6.26 Å². The Hall–Kier alpha value is -2.76. The van der Waals surface area contributed by atoms with E-state index in [1.54, 1.807) is 37.3 Å². The highest BCUT2D eigenvalue weighted by molar-refractivity contribution is 5.93. The number of hydrogen-bond acceptors (Lipinski definition) is 4. The first-order chi connectivity index (χ1) is 9.66. The first-order valence-corrected chi connectivity index (χ1v) is 6.02. The normalized spacial score (nSPS) is 11.4. The Morgan fingerprint density at radius 1 is 1.10 bits per heavy atom. The molecule has 104 valence electrons. The summed E-state index contributed by atoms with van der Waals surface area (Å²) in [6.45, 7) is 1.58. The number of ether oxygens (including phenoxy) is 1. The van der Waals surface area contributed by atoms with Gasteiger partial charge in [-0.1, -0.05) is 18.2 Å². The Morgan fingerprint density at radius 2 is 1.85 bits per heavy atom. The maximum atomic E-state index is 11.7. The van der Waals surface area contributed by atoms with E-state index in [0.717, 1.165) is 0 Å². The number of rotatable bonds is 4. The maximum Gasteiger partial charge on any atom is 0.305 e. The zero-order valence-corrected chi connectivity index (χ0v) is 10.8. The van der Waals surface area contributed by atoms with E-state index in [2.05, 4.69) is 10.9 Å². The summed E-state index contributed by atoms with van der Waals surface area (Å²) < 4.78 is 10.3. The minimum atomic E-state index is -0.741. The van der Waals surface area contributed by atoms with Crippen molar-refractivity contribution in [3.05, 3.63) is 54.5 Å². The Balaban J connectivity index is 1.81. The summed E-state index contributed by atoms with van der Waals surface area (Å²) in [4.78, 5) is 23.3. The molecule has 0 unspecified atom stereocenters. The molecular weight excluding hydrogens is 260 g/mol. The molecule has 0 saturated heterocycles. The fourth-order valence-corrected chi connectivity index (χ4v) is 1.45. The first kappa shape index (κ1) is 13.7. The highest BCUT2D eigenvalue weighted by atomic mass is 16.5. The summed E-state index contributed by atoms with van der Waals surface area (Å²) in [5.74, 6) is -0.307. The average Bonchev–Trinajstić information content (AvgIpc) is 2.99. The van der Waals surface area contributed by atoms with Crippen molar-refractivity contribution in [3.63, 3.8) is 0 Å². The molecule has 0 fully saturated rings. The van der Waals surface area contributed by atoms with Gasteiger partial charge < -0.3 is 9.15 Å². The summed E-state index contributed by atoms with van der Waals surface area (Å²) in [6, 6.07) is 12.0. The molecular formula is C14H14N2O4. The van der Waals surface area contributed by atoms with Crippen molar-refractivity contribution in [2.24, 2.45) is 0 Å². The molecule has 6 heteroatoms. The molecule has 0 radical (unpaired) electrons. The smallest absolute Gasteiger partial charge is 0.305 e. The predicted molar refractivity (Wildman–Crippen MR) is 70.8 cm³/mol. The molecule has 0 aliphatic rings. The molecule has 1 atom stereocenters. The van der Waals surface area contributed by atoms with Crippen molar-refractivity contribution in [1.82, 2.24) is 10.9 Å². The standard InChI is InChI=1S/C14H14N2O4/c1-10(20-11-6-3-2-4-7-11)13(17)15-16-14(18)12-8-5-9-19-12/h2-10H,1H3,(H,15,17)(H,16,18)/t10-/m0/s1. The van der Waals surface area contributed by atoms with Gasteiger partial charge in [-0.05, 0) is 31.2 Å². The van der Waals surface area contributed by atoms with E-state index in [1.807, 2.05) is 6.07 Å². The summed E-state index contributed by atoms with van der Waals surface area (Å²) in [6.07, 6.45) is 0.632. The molecule has 2 amide bonds. The lowest BCUT2D eigenvalue weighted by Gasteiger charge is -2.14. The van der Waals surface area contributed by atoms with Crippen molar-refractivity contribution in [1.29, 1.82) is 0 Å². The second-order valence-electron chi connectivity index (χ2n) is 3.99. The van der Waals surface area contributed by atoms with Gasteiger partial charge in [0.1, 0.15) is 5.75 Å². The van der Waals surface area contributed by atoms with E-state index in [-0.39, 0.29) is 5.76 Å². The van der Waals surface area contributed by atoms with E-state index in [4.69, 9.17) is 9.15 Å². The summed E-state index contributed by atoms with van der Waals surface area (Å²) >= 11 is 0. The van der Waals surface area contributed by atoms with Crippen molar-refractivity contribution < 1.29 is 18.7 Å². The van der Waals surface area contributed by atoms with Crippen molar-refractivity contribution >= 4 is 11.8 Å². The molecule has 1 heterocycles. The lowest BCUT2D eigenvalue weighted by Crippen LogP contribution is -2.47. The second kappa shape index (κ2) is 6.42. The Morgan fingerprint density at radius 3 is 2.50 bits per heavy atom. The predicted octanol–water partition coefficient (Wildman–Crippen LogP) is 1.51. The first-order valence-electron chi connectivity index (χ1n) is 6.02. The third kappa shape index (κ3) is 3.61. The van der Waals surface area contributed by atoms with E-state index < -0.39 is 17.9 Å². The van der Waals surface area contributed by atoms with Crippen LogP contribution in [0.1, 0.15) is 17.5 Å². The van der Waals surface area contributed by atoms with E-state index in [9.17, 15) is 9.59 Å². The number of amides is 2. The van der Waals surface area contributed by atoms with Crippen LogP contribution in [-0.2, 0) is 4.79 Å². The van der Waals surface area contributed by atoms with Gasteiger partial charge in [0.25, 0.3) is 5.91 Å². The fraction of sp³-hybridized carbons (Fsp3) is 0.143. The van der Waals surface area contributed by atoms with E-state index in [1.165, 1.54) is 12.3 Å². The van der Waals surface area contributed by atoms with Gasteiger partial charge in [-0.2, -0.15) is 0 Å². The zero-order chi connectivity index (χ0) is 14.4. The quantitative estimate of drug-likeness (QED) is 0.828. The molecule has 0 saturated carbocycles. The van der Waals surface area contributed by atoms with Crippen LogP contribution >= 0.6 is 0 Å². The second-order valence-corrected chi connectivity index (χ2v) is 3.99. The number of furan rings is 1. The van der Waals surface area contributed by atoms with Crippen molar-refractivity contribution in [2.45, 2.75) is 13.0 Å². The Kier molecular flexibility index (Phi) is 4.39. The van der Waals surface area contributed by atoms with Gasteiger partial charge in [-0.3, -0.25) is 20.4 Å². The maximum absolute atomic E-state index is 11.7. The number of nitrogens with one attached hydrogen (secondary N) is 2. The van der Waals surface area contributed by atoms with Gasteiger partial charge in [0.15, 0.2) is 11.9 Å². The van der Waals surface area contributed by atoms with Crippen LogP contribution in [0.2, 0.25) is 0 Å². The molecule has 6 nitrogen and oxygen atoms in total. The Labute approximate surface area is 115 Å². The molecule has 2 aromatic rings. The molecule has 0 bridgehead atoms. The third-order valence-corrected chi connectivity index (χ3v) is 2.47. The Bertz CT molecular complexity index is 566. The lowest BCUT2D eigenvalue weighted by molar-refractivity contribution is -0.128. The molecule has 2 N–H and O–H groups in total. The minimum Gasteiger partial charge on any atom is -0.481 e. The number of carbonyl (C=O) groups is 2. The van der Waals surface area contributed by atoms with Gasteiger partial charge in [0, 0.05) is 0 Å². The topological polar surface area (TPSA) is 80.6 Å². The number of para-hydroxylation sites is 1. The highest BCUT2D eigenvalue weighted by Gasteiger charge is 2.16. The number of carbonyl (C=O) groups excluding carboxylic acids is 2. The highest BCUT2D eigenvalue weighted by Crippen LogP contribution is 2.10. The molecule has 20 heavy (non-hydrogen) atoms. The molecule has 0 aliphatic heterocycles. The van der Waals surface area contributed by atoms with E-state index >= 15 is 0 Å². The molecule has 0 aliphatic carbocycles. The monoisotopic (exact) mass is 274 g/mol. The SMILES string of the molecule is C[C@H](Oc1ccccc1)C(=O)NNC(=O)c1ccco1. The van der Waals surface area contributed by atoms with Crippen LogP contribution < -0.4 is 15.6 Å². The largest absolute Gasteiger partial charge is 0.481 e. The summed E-state index contributed by atoms with van der Waals surface area (Å²) in [5.41, 5.74) is 4.51. The lowest BCUT2D eigenvalue weighted by atomic mass is 10.3. The average molecular weight is 274 g/mol. The zero-order valence-electron chi connectivity index (χ0n) is 10.8. The molecule has 1 aromatic heterocycles. The minimum absolute atomic E-state index is 0.113. The number of hydrazine groups is 1. The van der Waals surface area contributed by atoms with Crippen LogP contribution in [0.25, 0.3) is 0 Å². The molecule has 1 aromatic carbocycles. The van der Waals surface area contributed by atoms with Crippen LogP contribution in [-0.4, -0.2) is 17.9 Å². The van der Waals surface area contributed by atoms with Gasteiger partial charge in [0.2, 0.25) is 0 Å². The van der Waals surface area contributed by atoms with E-state index in [0.29, 0.717) is 5.75 Å². The number of benzene rings is 1. The van der Waals surface area contributed by atoms with Crippen LogP contribution in [0.15, 0.2) is 53.1 Å². The van der Waals surface area contributed by atoms with Crippen LogP contribution in [0.4, 0.5) is 0 Å². The fourth-order valence-electron chi connectivity index (χ4n) is 1.45. The van der Waals surface area contributed by atoms with Crippen LogP contribution in [0, 0.1) is 0 Å². The van der Waals surface area contributed by atoms with Crippen molar-refractivity contribution in [3.8, 4) is 5.75 Å².